The monoisotopic (exact) mass is 294 g/mol. The molecule has 0 aliphatic heterocycles. The smallest absolute Gasteiger partial charge is 0.00118 e. The van der Waals surface area contributed by atoms with Crippen molar-refractivity contribution in [3.8, 4) is 0 Å². The van der Waals surface area contributed by atoms with Gasteiger partial charge in [-0.05, 0) is 60.8 Å². The number of allylic oxidation sites excluding steroid dienone is 12. The molecule has 0 radical (unpaired) electrons. The van der Waals surface area contributed by atoms with E-state index >= 15 is 0 Å². The zero-order chi connectivity index (χ0) is 16.7. The van der Waals surface area contributed by atoms with Crippen molar-refractivity contribution in [2.24, 2.45) is 10.8 Å². The summed E-state index contributed by atoms with van der Waals surface area (Å²) in [4.78, 5) is 0. The highest BCUT2D eigenvalue weighted by Crippen LogP contribution is 2.52. The average molecular weight is 294 g/mol. The Morgan fingerprint density at radius 2 is 0.909 bits per heavy atom. The molecule has 2 aliphatic carbocycles. The lowest BCUT2D eigenvalue weighted by Gasteiger charge is -2.43. The topological polar surface area (TPSA) is 0 Å². The molecule has 0 heterocycles. The van der Waals surface area contributed by atoms with Gasteiger partial charge in [-0.1, -0.05) is 75.3 Å². The molecule has 0 spiro atoms. The Morgan fingerprint density at radius 1 is 0.591 bits per heavy atom. The molecule has 0 unspecified atom stereocenters. The molecular formula is C22H30. The van der Waals surface area contributed by atoms with Crippen LogP contribution in [0.5, 0.6) is 0 Å². The van der Waals surface area contributed by atoms with E-state index in [2.05, 4.69) is 91.8 Å². The first-order valence-corrected chi connectivity index (χ1v) is 8.23. The van der Waals surface area contributed by atoms with Gasteiger partial charge in [-0.3, -0.25) is 0 Å². The summed E-state index contributed by atoms with van der Waals surface area (Å²) in [6.45, 7) is 18.2. The van der Waals surface area contributed by atoms with E-state index < -0.39 is 0 Å². The highest BCUT2D eigenvalue weighted by molar-refractivity contribution is 5.54. The maximum atomic E-state index is 2.37. The van der Waals surface area contributed by atoms with Gasteiger partial charge in [-0.25, -0.2) is 0 Å². The molecule has 0 amide bonds. The standard InChI is InChI=1S/C22H30/c1-15(2)17-9-11-19(13-17)21(5,6)22(7,8)20-12-10-18(14-20)16(3)4/h9-14H,1-8H3. The fourth-order valence-electron chi connectivity index (χ4n) is 3.01. The maximum absolute atomic E-state index is 2.37. The summed E-state index contributed by atoms with van der Waals surface area (Å²) >= 11 is 0. The molecule has 0 aromatic carbocycles. The maximum Gasteiger partial charge on any atom is -0.00118 e. The molecule has 0 atom stereocenters. The van der Waals surface area contributed by atoms with Crippen molar-refractivity contribution in [2.45, 2.75) is 55.4 Å². The van der Waals surface area contributed by atoms with Gasteiger partial charge >= 0.3 is 0 Å². The molecule has 0 bridgehead atoms. The lowest BCUT2D eigenvalue weighted by atomic mass is 9.60. The summed E-state index contributed by atoms with van der Waals surface area (Å²) in [5, 5.41) is 0. The van der Waals surface area contributed by atoms with Crippen LogP contribution in [0.15, 0.2) is 69.9 Å². The molecule has 0 N–H and O–H groups in total. The van der Waals surface area contributed by atoms with Gasteiger partial charge in [-0.2, -0.15) is 0 Å². The molecule has 22 heavy (non-hydrogen) atoms. The Labute approximate surface area is 136 Å². The molecule has 0 aromatic rings. The Bertz CT molecular complexity index is 597. The lowest BCUT2D eigenvalue weighted by Crippen LogP contribution is -2.34. The van der Waals surface area contributed by atoms with Crippen LogP contribution in [0.4, 0.5) is 0 Å². The fourth-order valence-corrected chi connectivity index (χ4v) is 3.01. The lowest BCUT2D eigenvalue weighted by molar-refractivity contribution is 0.209. The zero-order valence-corrected chi connectivity index (χ0v) is 15.5. The Kier molecular flexibility index (Phi) is 4.26. The zero-order valence-electron chi connectivity index (χ0n) is 15.5. The van der Waals surface area contributed by atoms with E-state index in [9.17, 15) is 0 Å². The minimum absolute atomic E-state index is 0.0774. The Balaban J connectivity index is 2.42. The minimum Gasteiger partial charge on any atom is -0.0692 e. The van der Waals surface area contributed by atoms with E-state index in [0.29, 0.717) is 0 Å². The number of rotatable bonds is 3. The third-order valence-electron chi connectivity index (χ3n) is 5.67. The van der Waals surface area contributed by atoms with Crippen molar-refractivity contribution in [3.05, 3.63) is 69.9 Å². The third-order valence-corrected chi connectivity index (χ3v) is 5.67. The van der Waals surface area contributed by atoms with E-state index in [1.807, 2.05) is 0 Å². The van der Waals surface area contributed by atoms with Gasteiger partial charge in [0.1, 0.15) is 0 Å². The molecule has 118 valence electrons. The summed E-state index contributed by atoms with van der Waals surface area (Å²) in [6.07, 6.45) is 13.8. The van der Waals surface area contributed by atoms with Crippen LogP contribution in [-0.4, -0.2) is 0 Å². The first-order chi connectivity index (χ1) is 10.1. The first-order valence-electron chi connectivity index (χ1n) is 8.23. The van der Waals surface area contributed by atoms with Crippen molar-refractivity contribution < 1.29 is 0 Å². The van der Waals surface area contributed by atoms with Crippen LogP contribution in [-0.2, 0) is 0 Å². The number of hydrogen-bond acceptors (Lipinski definition) is 0. The van der Waals surface area contributed by atoms with Crippen LogP contribution in [0.3, 0.4) is 0 Å². The third kappa shape index (κ3) is 2.72. The van der Waals surface area contributed by atoms with Gasteiger partial charge in [-0.15, -0.1) is 0 Å². The molecular weight excluding hydrogens is 264 g/mol. The predicted molar refractivity (Wildman–Crippen MR) is 98.8 cm³/mol. The molecule has 2 rings (SSSR count). The van der Waals surface area contributed by atoms with Gasteiger partial charge < -0.3 is 0 Å². The van der Waals surface area contributed by atoms with E-state index in [1.54, 1.807) is 0 Å². The van der Waals surface area contributed by atoms with Crippen LogP contribution in [0.25, 0.3) is 0 Å². The minimum atomic E-state index is 0.0774. The summed E-state index contributed by atoms with van der Waals surface area (Å²) in [5.74, 6) is 0. The SMILES string of the molecule is CC(C)=C1C=CC(C(C)(C)C(C)(C)C2=CC(=C(C)C)C=C2)=C1. The normalized spacial score (nSPS) is 18.0. The van der Waals surface area contributed by atoms with Crippen LogP contribution in [0, 0.1) is 10.8 Å². The fraction of sp³-hybridized carbons (Fsp3) is 0.455. The molecule has 2 aliphatic rings. The highest BCUT2D eigenvalue weighted by Gasteiger charge is 2.42. The first kappa shape index (κ1) is 16.8. The summed E-state index contributed by atoms with van der Waals surface area (Å²) in [5.41, 5.74) is 8.49. The van der Waals surface area contributed by atoms with Crippen molar-refractivity contribution in [1.82, 2.24) is 0 Å². The summed E-state index contributed by atoms with van der Waals surface area (Å²) in [7, 11) is 0. The molecule has 0 aromatic heterocycles. The average Bonchev–Trinajstić information content (AvgIpc) is 3.08. The van der Waals surface area contributed by atoms with Crippen molar-refractivity contribution >= 4 is 0 Å². The quantitative estimate of drug-likeness (QED) is 0.543. The van der Waals surface area contributed by atoms with E-state index in [1.165, 1.54) is 33.4 Å². The van der Waals surface area contributed by atoms with Crippen molar-refractivity contribution in [1.29, 1.82) is 0 Å². The van der Waals surface area contributed by atoms with Gasteiger partial charge in [0.2, 0.25) is 0 Å². The van der Waals surface area contributed by atoms with E-state index in [0.717, 1.165) is 0 Å². The second-order valence-electron chi connectivity index (χ2n) is 8.03. The molecule has 0 saturated heterocycles. The molecule has 0 saturated carbocycles. The Hall–Kier alpha value is -1.56. The van der Waals surface area contributed by atoms with E-state index in [4.69, 9.17) is 0 Å². The van der Waals surface area contributed by atoms with Crippen LogP contribution in [0.2, 0.25) is 0 Å². The molecule has 0 fully saturated rings. The van der Waals surface area contributed by atoms with Gasteiger partial charge in [0, 0.05) is 0 Å². The van der Waals surface area contributed by atoms with Crippen LogP contribution in [0.1, 0.15) is 55.4 Å². The predicted octanol–water partition coefficient (Wildman–Crippen LogP) is 6.70. The van der Waals surface area contributed by atoms with Crippen LogP contribution >= 0.6 is 0 Å². The van der Waals surface area contributed by atoms with Crippen molar-refractivity contribution in [3.63, 3.8) is 0 Å². The van der Waals surface area contributed by atoms with Gasteiger partial charge in [0.15, 0.2) is 0 Å². The molecule has 0 heteroatoms. The van der Waals surface area contributed by atoms with Crippen LogP contribution < -0.4 is 0 Å². The summed E-state index contributed by atoms with van der Waals surface area (Å²) in [6, 6.07) is 0. The van der Waals surface area contributed by atoms with Gasteiger partial charge in [0.25, 0.3) is 0 Å². The van der Waals surface area contributed by atoms with E-state index in [-0.39, 0.29) is 10.8 Å². The second kappa shape index (κ2) is 5.57. The number of hydrogen-bond donors (Lipinski definition) is 0. The highest BCUT2D eigenvalue weighted by atomic mass is 14.5. The largest absolute Gasteiger partial charge is 0.0692 e. The van der Waals surface area contributed by atoms with Gasteiger partial charge in [0.05, 0.1) is 0 Å². The Morgan fingerprint density at radius 3 is 1.14 bits per heavy atom. The second-order valence-corrected chi connectivity index (χ2v) is 8.03. The summed E-state index contributed by atoms with van der Waals surface area (Å²) < 4.78 is 0. The van der Waals surface area contributed by atoms with Crippen molar-refractivity contribution in [2.75, 3.05) is 0 Å². The molecule has 0 nitrogen and oxygen atoms in total.